The predicted octanol–water partition coefficient (Wildman–Crippen LogP) is 4.64. The molecule has 0 aromatic carbocycles. The average Bonchev–Trinajstić information content (AvgIpc) is 2.21. The summed E-state index contributed by atoms with van der Waals surface area (Å²) < 4.78 is 0. The van der Waals surface area contributed by atoms with Gasteiger partial charge in [-0.1, -0.05) is 41.5 Å². The highest BCUT2D eigenvalue weighted by Gasteiger charge is 2.23. The van der Waals surface area contributed by atoms with Crippen molar-refractivity contribution in [3.8, 4) is 0 Å². The lowest BCUT2D eigenvalue weighted by atomic mass is 9.83. The van der Waals surface area contributed by atoms with Crippen molar-refractivity contribution < 1.29 is 0 Å². The van der Waals surface area contributed by atoms with E-state index in [4.69, 9.17) is 4.98 Å². The Balaban J connectivity index is 2.36. The van der Waals surface area contributed by atoms with Crippen LogP contribution in [0, 0.1) is 0 Å². The van der Waals surface area contributed by atoms with Crippen LogP contribution in [0.5, 0.6) is 0 Å². The quantitative estimate of drug-likeness (QED) is 0.838. The second-order valence-corrected chi connectivity index (χ2v) is 7.90. The average molecular weight is 260 g/mol. The topological polar surface area (TPSA) is 24.9 Å². The van der Waals surface area contributed by atoms with Crippen LogP contribution < -0.4 is 5.32 Å². The first-order chi connectivity index (χ1) is 8.66. The number of anilines is 1. The standard InChI is InChI=1S/C17H28N2/c1-16(2,3)12-10-14(17(4,5)6)19-15(11-12)18-13-8-7-9-13/h10-11,13H,7-9H2,1-6H3,(H,18,19). The Labute approximate surface area is 118 Å². The van der Waals surface area contributed by atoms with Gasteiger partial charge in [-0.05, 0) is 42.4 Å². The van der Waals surface area contributed by atoms with Gasteiger partial charge in [0.1, 0.15) is 5.82 Å². The van der Waals surface area contributed by atoms with Gasteiger partial charge in [0, 0.05) is 17.2 Å². The second-order valence-electron chi connectivity index (χ2n) is 7.90. The van der Waals surface area contributed by atoms with Crippen LogP contribution in [0.25, 0.3) is 0 Å². The van der Waals surface area contributed by atoms with Crippen molar-refractivity contribution in [1.29, 1.82) is 0 Å². The number of aromatic nitrogens is 1. The molecule has 0 radical (unpaired) electrons. The van der Waals surface area contributed by atoms with Crippen LogP contribution in [0.3, 0.4) is 0 Å². The van der Waals surface area contributed by atoms with Crippen molar-refractivity contribution in [2.24, 2.45) is 0 Å². The van der Waals surface area contributed by atoms with Crippen LogP contribution in [-0.4, -0.2) is 11.0 Å². The number of rotatable bonds is 2. The zero-order valence-electron chi connectivity index (χ0n) is 13.3. The molecule has 0 atom stereocenters. The third kappa shape index (κ3) is 3.49. The lowest BCUT2D eigenvalue weighted by molar-refractivity contribution is 0.443. The summed E-state index contributed by atoms with van der Waals surface area (Å²) in [6.45, 7) is 13.5. The van der Waals surface area contributed by atoms with Crippen molar-refractivity contribution in [3.05, 3.63) is 23.4 Å². The Morgan fingerprint density at radius 1 is 1.00 bits per heavy atom. The minimum Gasteiger partial charge on any atom is -0.367 e. The molecule has 0 bridgehead atoms. The van der Waals surface area contributed by atoms with Gasteiger partial charge in [0.15, 0.2) is 0 Å². The first kappa shape index (κ1) is 14.4. The van der Waals surface area contributed by atoms with Crippen molar-refractivity contribution >= 4 is 5.82 Å². The molecule has 2 nitrogen and oxygen atoms in total. The number of nitrogens with one attached hydrogen (secondary N) is 1. The molecule has 0 unspecified atom stereocenters. The minimum atomic E-state index is 0.0945. The molecule has 1 aliphatic carbocycles. The number of hydrogen-bond donors (Lipinski definition) is 1. The van der Waals surface area contributed by atoms with Crippen molar-refractivity contribution in [1.82, 2.24) is 4.98 Å². The van der Waals surface area contributed by atoms with E-state index in [0.29, 0.717) is 6.04 Å². The first-order valence-corrected chi connectivity index (χ1v) is 7.46. The molecule has 19 heavy (non-hydrogen) atoms. The summed E-state index contributed by atoms with van der Waals surface area (Å²) in [7, 11) is 0. The summed E-state index contributed by atoms with van der Waals surface area (Å²) in [5, 5.41) is 3.59. The zero-order chi connectivity index (χ0) is 14.3. The van der Waals surface area contributed by atoms with E-state index in [9.17, 15) is 0 Å². The van der Waals surface area contributed by atoms with Crippen LogP contribution in [-0.2, 0) is 10.8 Å². The summed E-state index contributed by atoms with van der Waals surface area (Å²) in [6.07, 6.45) is 3.92. The Bertz CT molecular complexity index is 413. The van der Waals surface area contributed by atoms with E-state index in [1.165, 1.54) is 30.5 Å². The summed E-state index contributed by atoms with van der Waals surface area (Å²) in [5.74, 6) is 1.06. The molecule has 1 aromatic heterocycles. The maximum absolute atomic E-state index is 4.83. The van der Waals surface area contributed by atoms with Gasteiger partial charge in [0.05, 0.1) is 0 Å². The van der Waals surface area contributed by atoms with E-state index in [1.807, 2.05) is 0 Å². The summed E-state index contributed by atoms with van der Waals surface area (Å²) in [5.41, 5.74) is 2.81. The van der Waals surface area contributed by atoms with Gasteiger partial charge >= 0.3 is 0 Å². The number of nitrogens with zero attached hydrogens (tertiary/aromatic N) is 1. The lowest BCUT2D eigenvalue weighted by Crippen LogP contribution is -2.28. The zero-order valence-corrected chi connectivity index (χ0v) is 13.3. The molecule has 0 aliphatic heterocycles. The van der Waals surface area contributed by atoms with Gasteiger partial charge in [0.25, 0.3) is 0 Å². The lowest BCUT2D eigenvalue weighted by Gasteiger charge is -2.30. The van der Waals surface area contributed by atoms with Crippen molar-refractivity contribution in [2.45, 2.75) is 77.7 Å². The molecule has 0 saturated heterocycles. The van der Waals surface area contributed by atoms with Crippen molar-refractivity contribution in [2.75, 3.05) is 5.32 Å². The van der Waals surface area contributed by atoms with E-state index in [-0.39, 0.29) is 10.8 Å². The highest BCUT2D eigenvalue weighted by Crippen LogP contribution is 2.31. The van der Waals surface area contributed by atoms with Crippen molar-refractivity contribution in [3.63, 3.8) is 0 Å². The van der Waals surface area contributed by atoms with Crippen LogP contribution in [0.15, 0.2) is 12.1 Å². The third-order valence-electron chi connectivity index (χ3n) is 3.92. The van der Waals surface area contributed by atoms with Crippen LogP contribution in [0.2, 0.25) is 0 Å². The molecule has 1 aliphatic rings. The molecular weight excluding hydrogens is 232 g/mol. The molecule has 0 amide bonds. The normalized spacial score (nSPS) is 17.2. The third-order valence-corrected chi connectivity index (χ3v) is 3.92. The highest BCUT2D eigenvalue weighted by molar-refractivity contribution is 5.44. The fraction of sp³-hybridized carbons (Fsp3) is 0.706. The fourth-order valence-corrected chi connectivity index (χ4v) is 2.18. The Kier molecular flexibility index (Phi) is 3.63. The van der Waals surface area contributed by atoms with Gasteiger partial charge < -0.3 is 5.32 Å². The monoisotopic (exact) mass is 260 g/mol. The molecule has 0 spiro atoms. The minimum absolute atomic E-state index is 0.0945. The smallest absolute Gasteiger partial charge is 0.126 e. The fourth-order valence-electron chi connectivity index (χ4n) is 2.18. The Morgan fingerprint density at radius 2 is 1.63 bits per heavy atom. The molecule has 2 rings (SSSR count). The SMILES string of the molecule is CC(C)(C)c1cc(NC2CCC2)nc(C(C)(C)C)c1. The number of hydrogen-bond acceptors (Lipinski definition) is 2. The second kappa shape index (κ2) is 4.81. The highest BCUT2D eigenvalue weighted by atomic mass is 15.0. The molecule has 2 heteroatoms. The molecule has 1 fully saturated rings. The first-order valence-electron chi connectivity index (χ1n) is 7.46. The molecule has 106 valence electrons. The molecular formula is C17H28N2. The largest absolute Gasteiger partial charge is 0.367 e. The molecule has 1 heterocycles. The predicted molar refractivity (Wildman–Crippen MR) is 82.9 cm³/mol. The van der Waals surface area contributed by atoms with Crippen LogP contribution in [0.4, 0.5) is 5.82 Å². The Hall–Kier alpha value is -1.05. The van der Waals surface area contributed by atoms with E-state index < -0.39 is 0 Å². The van der Waals surface area contributed by atoms with E-state index in [1.54, 1.807) is 0 Å². The maximum Gasteiger partial charge on any atom is 0.126 e. The van der Waals surface area contributed by atoms with Gasteiger partial charge in [-0.2, -0.15) is 0 Å². The van der Waals surface area contributed by atoms with E-state index in [2.05, 4.69) is 59.0 Å². The molecule has 1 saturated carbocycles. The van der Waals surface area contributed by atoms with Crippen LogP contribution in [0.1, 0.15) is 72.1 Å². The molecule has 1 N–H and O–H groups in total. The molecule has 1 aromatic rings. The van der Waals surface area contributed by atoms with Gasteiger partial charge in [0.2, 0.25) is 0 Å². The van der Waals surface area contributed by atoms with E-state index in [0.717, 1.165) is 5.82 Å². The van der Waals surface area contributed by atoms with E-state index >= 15 is 0 Å². The summed E-state index contributed by atoms with van der Waals surface area (Å²) >= 11 is 0. The summed E-state index contributed by atoms with van der Waals surface area (Å²) in [4.78, 5) is 4.83. The van der Waals surface area contributed by atoms with Gasteiger partial charge in [-0.15, -0.1) is 0 Å². The summed E-state index contributed by atoms with van der Waals surface area (Å²) in [6, 6.07) is 5.13. The maximum atomic E-state index is 4.83. The van der Waals surface area contributed by atoms with Gasteiger partial charge in [-0.3, -0.25) is 0 Å². The Morgan fingerprint density at radius 3 is 2.05 bits per heavy atom. The van der Waals surface area contributed by atoms with Gasteiger partial charge in [-0.25, -0.2) is 4.98 Å². The number of pyridine rings is 1. The van der Waals surface area contributed by atoms with Crippen LogP contribution >= 0.6 is 0 Å².